The normalized spacial score (nSPS) is 17.2. The fraction of sp³-hybridized carbons (Fsp3) is 0.529. The summed E-state index contributed by atoms with van der Waals surface area (Å²) in [6, 6.07) is 9.05. The van der Waals surface area contributed by atoms with E-state index in [-0.39, 0.29) is 66.9 Å². The van der Waals surface area contributed by atoms with E-state index in [1.165, 1.54) is 24.3 Å². The average molecular weight is 765 g/mol. The van der Waals surface area contributed by atoms with Crippen LogP contribution in [-0.4, -0.2) is 70.5 Å². The van der Waals surface area contributed by atoms with Crippen molar-refractivity contribution in [2.24, 2.45) is 0 Å². The van der Waals surface area contributed by atoms with Crippen molar-refractivity contribution < 1.29 is 46.4 Å². The molecule has 286 valence electrons. The molecule has 0 fully saturated rings. The Kier molecular flexibility index (Phi) is 14.3. The summed E-state index contributed by atoms with van der Waals surface area (Å²) in [4.78, 5) is 50.1. The largest absolute Gasteiger partial charge is 0.326 e. The fourth-order valence-electron chi connectivity index (χ4n) is 6.53. The number of unbranched alkanes of at least 4 members (excludes halogenated alkanes) is 6. The predicted molar refractivity (Wildman–Crippen MR) is 191 cm³/mol. The van der Waals surface area contributed by atoms with Crippen LogP contribution in [0.1, 0.15) is 95.1 Å². The van der Waals surface area contributed by atoms with Gasteiger partial charge in [0.15, 0.2) is 0 Å². The summed E-state index contributed by atoms with van der Waals surface area (Å²) in [5.41, 5.74) is 4.35. The topological polar surface area (TPSA) is 240 Å². The van der Waals surface area contributed by atoms with Gasteiger partial charge < -0.3 is 10.2 Å². The maximum Gasteiger partial charge on any atom is 0.243 e. The molecule has 16 nitrogen and oxygen atoms in total. The van der Waals surface area contributed by atoms with E-state index >= 15 is 0 Å². The summed E-state index contributed by atoms with van der Waals surface area (Å²) in [6.07, 6.45) is 5.83. The Morgan fingerprint density at radius 3 is 1.88 bits per heavy atom. The van der Waals surface area contributed by atoms with Gasteiger partial charge in [0, 0.05) is 62.1 Å². The summed E-state index contributed by atoms with van der Waals surface area (Å²) in [5.74, 6) is -1.42. The first-order valence-electron chi connectivity index (χ1n) is 17.4. The van der Waals surface area contributed by atoms with Crippen LogP contribution < -0.4 is 30.6 Å². The van der Waals surface area contributed by atoms with E-state index in [0.29, 0.717) is 80.3 Å². The van der Waals surface area contributed by atoms with Gasteiger partial charge in [0.1, 0.15) is 0 Å². The molecule has 52 heavy (non-hydrogen) atoms. The van der Waals surface area contributed by atoms with Crippen LogP contribution in [0.2, 0.25) is 0 Å². The van der Waals surface area contributed by atoms with Gasteiger partial charge in [0.25, 0.3) is 0 Å². The monoisotopic (exact) mass is 764 g/mol. The quantitative estimate of drug-likeness (QED) is 0.0591. The van der Waals surface area contributed by atoms with Crippen LogP contribution in [0.4, 0.5) is 11.4 Å². The number of rotatable bonds is 20. The van der Waals surface area contributed by atoms with Gasteiger partial charge in [-0.1, -0.05) is 32.6 Å². The zero-order valence-corrected chi connectivity index (χ0v) is 30.8. The SMILES string of the molecule is CC1(CN2C(=O)CCc3cc(S(=O)(=O)NCCCCCCC(=O)NO)ccc32)CC(=O)Nc2ccc(S(=O)(=O)NCCCCCCC(=O)NO)cc21. The van der Waals surface area contributed by atoms with E-state index in [2.05, 4.69) is 14.8 Å². The number of hydroxylamine groups is 2. The molecule has 4 amide bonds. The molecule has 4 rings (SSSR count). The van der Waals surface area contributed by atoms with Crippen molar-refractivity contribution in [2.45, 2.75) is 106 Å². The minimum Gasteiger partial charge on any atom is -0.326 e. The van der Waals surface area contributed by atoms with E-state index in [1.807, 2.05) is 0 Å². The van der Waals surface area contributed by atoms with E-state index in [0.717, 1.165) is 0 Å². The van der Waals surface area contributed by atoms with Gasteiger partial charge in [-0.2, -0.15) is 0 Å². The molecule has 0 saturated heterocycles. The van der Waals surface area contributed by atoms with Gasteiger partial charge in [-0.3, -0.25) is 29.6 Å². The lowest BCUT2D eigenvalue weighted by Crippen LogP contribution is -2.48. The molecule has 0 bridgehead atoms. The average Bonchev–Trinajstić information content (AvgIpc) is 3.11. The molecule has 1 atom stereocenters. The van der Waals surface area contributed by atoms with E-state index in [4.69, 9.17) is 10.4 Å². The van der Waals surface area contributed by atoms with Crippen molar-refractivity contribution in [1.29, 1.82) is 0 Å². The number of nitrogens with one attached hydrogen (secondary N) is 5. The number of carbonyl (C=O) groups excluding carboxylic acids is 4. The zero-order valence-electron chi connectivity index (χ0n) is 29.2. The summed E-state index contributed by atoms with van der Waals surface area (Å²) in [7, 11) is -7.77. The van der Waals surface area contributed by atoms with Crippen molar-refractivity contribution in [1.82, 2.24) is 20.4 Å². The van der Waals surface area contributed by atoms with Crippen LogP contribution in [0.15, 0.2) is 46.2 Å². The molecule has 2 heterocycles. The lowest BCUT2D eigenvalue weighted by molar-refractivity contribution is -0.130. The number of anilines is 2. The summed E-state index contributed by atoms with van der Waals surface area (Å²) in [5, 5.41) is 19.9. The molecule has 2 aromatic carbocycles. The molecule has 2 aromatic rings. The van der Waals surface area contributed by atoms with Crippen molar-refractivity contribution in [3.63, 3.8) is 0 Å². The molecule has 0 spiro atoms. The second kappa shape index (κ2) is 18.2. The van der Waals surface area contributed by atoms with Gasteiger partial charge >= 0.3 is 0 Å². The molecular formula is C34H48N6O10S2. The van der Waals surface area contributed by atoms with Crippen LogP contribution in [0.25, 0.3) is 0 Å². The highest BCUT2D eigenvalue weighted by Crippen LogP contribution is 2.42. The van der Waals surface area contributed by atoms with Crippen LogP contribution in [0, 0.1) is 0 Å². The molecule has 2 aliphatic rings. The number of hydrogen-bond donors (Lipinski definition) is 7. The molecule has 0 saturated carbocycles. The van der Waals surface area contributed by atoms with Gasteiger partial charge in [0.2, 0.25) is 43.7 Å². The third kappa shape index (κ3) is 10.8. The second-order valence-electron chi connectivity index (χ2n) is 13.5. The van der Waals surface area contributed by atoms with Crippen molar-refractivity contribution in [3.05, 3.63) is 47.5 Å². The number of aryl methyl sites for hydroxylation is 1. The van der Waals surface area contributed by atoms with Gasteiger partial charge in [-0.25, -0.2) is 37.2 Å². The minimum atomic E-state index is -3.92. The van der Waals surface area contributed by atoms with Gasteiger partial charge in [-0.05, 0) is 79.6 Å². The zero-order chi connectivity index (χ0) is 37.9. The second-order valence-corrected chi connectivity index (χ2v) is 17.0. The Labute approximate surface area is 304 Å². The number of sulfonamides is 2. The smallest absolute Gasteiger partial charge is 0.243 e. The van der Waals surface area contributed by atoms with Crippen molar-refractivity contribution in [3.8, 4) is 0 Å². The van der Waals surface area contributed by atoms with Crippen LogP contribution >= 0.6 is 0 Å². The highest BCUT2D eigenvalue weighted by molar-refractivity contribution is 7.89. The fourth-order valence-corrected chi connectivity index (χ4v) is 8.75. The van der Waals surface area contributed by atoms with Gasteiger partial charge in [0.05, 0.1) is 9.79 Å². The number of benzene rings is 2. The Morgan fingerprint density at radius 1 is 0.769 bits per heavy atom. The Hall–Kier alpha value is -3.94. The molecule has 0 radical (unpaired) electrons. The standard InChI is InChI=1S/C34H48N6O10S2/c1-34(22-32(43)37-28-15-13-26(21-27(28)34)52(49,50)36-19-9-5-3-7-11-31(42)39-46)23-40-29-16-14-25(20-24(29)12-17-33(40)44)51(47,48)35-18-8-4-2-6-10-30(41)38-45/h13-16,20-21,35-36,45-46H,2-12,17-19,22-23H2,1H3,(H,37,43)(H,38,41)(H,39,42). The third-order valence-electron chi connectivity index (χ3n) is 9.34. The molecule has 0 aromatic heterocycles. The molecule has 18 heteroatoms. The minimum absolute atomic E-state index is 0.00931. The highest BCUT2D eigenvalue weighted by atomic mass is 32.2. The van der Waals surface area contributed by atoms with Crippen LogP contribution in [0.3, 0.4) is 0 Å². The maximum absolute atomic E-state index is 13.4. The maximum atomic E-state index is 13.4. The highest BCUT2D eigenvalue weighted by Gasteiger charge is 2.41. The molecule has 1 unspecified atom stereocenters. The Balaban J connectivity index is 1.44. The van der Waals surface area contributed by atoms with E-state index < -0.39 is 37.3 Å². The Morgan fingerprint density at radius 2 is 1.31 bits per heavy atom. The first kappa shape index (κ1) is 40.8. The molecule has 0 aliphatic carbocycles. The first-order valence-corrected chi connectivity index (χ1v) is 20.4. The van der Waals surface area contributed by atoms with Gasteiger partial charge in [-0.15, -0.1) is 0 Å². The predicted octanol–water partition coefficient (Wildman–Crippen LogP) is 2.73. The molecule has 2 aliphatic heterocycles. The van der Waals surface area contributed by atoms with Crippen LogP contribution in [0.5, 0.6) is 0 Å². The lowest BCUT2D eigenvalue weighted by atomic mass is 9.75. The number of carbonyl (C=O) groups is 4. The van der Waals surface area contributed by atoms with Crippen molar-refractivity contribution >= 4 is 55.1 Å². The van der Waals surface area contributed by atoms with Crippen molar-refractivity contribution in [2.75, 3.05) is 29.9 Å². The van der Waals surface area contributed by atoms with Crippen LogP contribution in [-0.2, 0) is 51.1 Å². The number of nitrogens with zero attached hydrogens (tertiary/aromatic N) is 1. The molecular weight excluding hydrogens is 717 g/mol. The van der Waals surface area contributed by atoms with E-state index in [9.17, 15) is 36.0 Å². The third-order valence-corrected chi connectivity index (χ3v) is 12.3. The number of fused-ring (bicyclic) bond motifs is 2. The summed E-state index contributed by atoms with van der Waals surface area (Å²) >= 11 is 0. The Bertz CT molecular complexity index is 1850. The first-order chi connectivity index (χ1) is 24.7. The summed E-state index contributed by atoms with van der Waals surface area (Å²) < 4.78 is 57.9. The number of amides is 4. The number of hydrogen-bond acceptors (Lipinski definition) is 10. The molecule has 7 N–H and O–H groups in total. The van der Waals surface area contributed by atoms with E-state index in [1.54, 1.807) is 34.9 Å². The lowest BCUT2D eigenvalue weighted by Gasteiger charge is -2.41. The summed E-state index contributed by atoms with van der Waals surface area (Å²) in [6.45, 7) is 2.24.